The summed E-state index contributed by atoms with van der Waals surface area (Å²) in [5.41, 5.74) is -1.12. The number of methoxy groups -OCH3 is 1. The van der Waals surface area contributed by atoms with Crippen molar-refractivity contribution >= 4 is 0 Å². The van der Waals surface area contributed by atoms with Crippen molar-refractivity contribution in [2.24, 2.45) is 0 Å². The Kier molecular flexibility index (Phi) is 2.49. The summed E-state index contributed by atoms with van der Waals surface area (Å²) in [6, 6.07) is 0. The van der Waals surface area contributed by atoms with Gasteiger partial charge in [-0.3, -0.25) is 0 Å². The number of rotatable bonds is 2. The fraction of sp³-hybridized carbons (Fsp3) is 1.00. The van der Waals surface area contributed by atoms with Gasteiger partial charge in [0.1, 0.15) is 11.7 Å². The maximum Gasteiger partial charge on any atom is 0.130 e. The fourth-order valence-corrected chi connectivity index (χ4v) is 1.40. The van der Waals surface area contributed by atoms with E-state index in [1.54, 1.807) is 6.92 Å². The summed E-state index contributed by atoms with van der Waals surface area (Å²) >= 11 is 0. The van der Waals surface area contributed by atoms with Crippen LogP contribution in [0.4, 0.5) is 0 Å². The average Bonchev–Trinajstić information content (AvgIpc) is 2.32. The fourth-order valence-electron chi connectivity index (χ4n) is 1.40. The Morgan fingerprint density at radius 2 is 2.36 bits per heavy atom. The van der Waals surface area contributed by atoms with Crippen LogP contribution in [-0.2, 0) is 4.74 Å². The maximum absolute atomic E-state index is 9.79. The summed E-state index contributed by atoms with van der Waals surface area (Å²) in [6.45, 7) is 2.56. The molecule has 0 aromatic heterocycles. The van der Waals surface area contributed by atoms with Gasteiger partial charge in [-0.2, -0.15) is 0 Å². The lowest BCUT2D eigenvalue weighted by Crippen LogP contribution is -2.51. The van der Waals surface area contributed by atoms with Crippen LogP contribution in [0.3, 0.4) is 0 Å². The summed E-state index contributed by atoms with van der Waals surface area (Å²) in [6.07, 6.45) is -1.06. The second-order valence-corrected chi connectivity index (χ2v) is 3.02. The predicted octanol–water partition coefficient (Wildman–Crippen LogP) is -1.28. The first kappa shape index (κ1) is 8.93. The molecule has 4 heteroatoms. The van der Waals surface area contributed by atoms with Gasteiger partial charge < -0.3 is 20.3 Å². The molecule has 1 heterocycles. The van der Waals surface area contributed by atoms with E-state index in [2.05, 4.69) is 5.32 Å². The highest BCUT2D eigenvalue weighted by Gasteiger charge is 2.45. The Hall–Kier alpha value is -0.160. The molecule has 1 aliphatic heterocycles. The molecule has 1 fully saturated rings. The molecule has 3 N–H and O–H groups in total. The lowest BCUT2D eigenvalue weighted by atomic mass is 9.94. The van der Waals surface area contributed by atoms with E-state index in [4.69, 9.17) is 4.74 Å². The Morgan fingerprint density at radius 1 is 1.73 bits per heavy atom. The zero-order valence-electron chi connectivity index (χ0n) is 6.87. The minimum Gasteiger partial charge on any atom is -0.390 e. The molecule has 0 aliphatic carbocycles. The van der Waals surface area contributed by atoms with Crippen molar-refractivity contribution in [3.05, 3.63) is 0 Å². The third kappa shape index (κ3) is 1.39. The van der Waals surface area contributed by atoms with Crippen LogP contribution in [0, 0.1) is 0 Å². The topological polar surface area (TPSA) is 61.7 Å². The van der Waals surface area contributed by atoms with Gasteiger partial charge in [0, 0.05) is 20.2 Å². The van der Waals surface area contributed by atoms with Crippen molar-refractivity contribution in [2.75, 3.05) is 20.2 Å². The summed E-state index contributed by atoms with van der Waals surface area (Å²) in [5, 5.41) is 22.0. The molecule has 3 atom stereocenters. The molecule has 66 valence electrons. The SMILES string of the molecule is CO[C@H]1CNC[C@@]1(O)[C@H](C)O. The molecule has 0 spiro atoms. The van der Waals surface area contributed by atoms with Crippen LogP contribution >= 0.6 is 0 Å². The van der Waals surface area contributed by atoms with E-state index in [0.29, 0.717) is 13.1 Å². The van der Waals surface area contributed by atoms with Gasteiger partial charge in [0.05, 0.1) is 6.10 Å². The standard InChI is InChI=1S/C7H15NO3/c1-5(9)7(10)4-8-3-6(7)11-2/h5-6,8-10H,3-4H2,1-2H3/t5-,6-,7+/m0/s1. The molecule has 1 rings (SSSR count). The van der Waals surface area contributed by atoms with Crippen LogP contribution in [0.5, 0.6) is 0 Å². The normalized spacial score (nSPS) is 40.9. The first-order valence-corrected chi connectivity index (χ1v) is 3.75. The zero-order valence-corrected chi connectivity index (χ0v) is 6.87. The molecule has 0 aromatic rings. The Morgan fingerprint density at radius 3 is 2.73 bits per heavy atom. The van der Waals surface area contributed by atoms with Crippen molar-refractivity contribution in [1.29, 1.82) is 0 Å². The Balaban J connectivity index is 2.67. The number of hydrogen-bond acceptors (Lipinski definition) is 4. The molecule has 11 heavy (non-hydrogen) atoms. The number of aliphatic hydroxyl groups is 2. The van der Waals surface area contributed by atoms with Crippen molar-refractivity contribution in [1.82, 2.24) is 5.32 Å². The van der Waals surface area contributed by atoms with Gasteiger partial charge in [-0.15, -0.1) is 0 Å². The second kappa shape index (κ2) is 3.06. The highest BCUT2D eigenvalue weighted by atomic mass is 16.5. The third-order valence-corrected chi connectivity index (χ3v) is 2.30. The van der Waals surface area contributed by atoms with Gasteiger partial charge in [-0.1, -0.05) is 0 Å². The van der Waals surface area contributed by atoms with E-state index in [9.17, 15) is 10.2 Å². The predicted molar refractivity (Wildman–Crippen MR) is 40.3 cm³/mol. The lowest BCUT2D eigenvalue weighted by molar-refractivity contribution is -0.123. The zero-order chi connectivity index (χ0) is 8.48. The third-order valence-electron chi connectivity index (χ3n) is 2.30. The van der Waals surface area contributed by atoms with Crippen LogP contribution in [-0.4, -0.2) is 48.2 Å². The number of β-amino-alcohol motifs (C(OH)–C–C–N with tert-alkyl or cyclic N) is 1. The summed E-state index contributed by atoms with van der Waals surface area (Å²) in [4.78, 5) is 0. The molecule has 0 aromatic carbocycles. The number of aliphatic hydroxyl groups excluding tert-OH is 1. The second-order valence-electron chi connectivity index (χ2n) is 3.02. The largest absolute Gasteiger partial charge is 0.390 e. The highest BCUT2D eigenvalue weighted by molar-refractivity contribution is 5.00. The molecular formula is C7H15NO3. The Bertz CT molecular complexity index is 140. The minimum absolute atomic E-state index is 0.303. The van der Waals surface area contributed by atoms with Gasteiger partial charge in [0.15, 0.2) is 0 Å². The Labute approximate surface area is 66.2 Å². The monoisotopic (exact) mass is 161 g/mol. The minimum atomic E-state index is -1.12. The van der Waals surface area contributed by atoms with Crippen LogP contribution in [0.2, 0.25) is 0 Å². The first-order chi connectivity index (χ1) is 5.11. The van der Waals surface area contributed by atoms with Gasteiger partial charge in [-0.05, 0) is 6.92 Å². The van der Waals surface area contributed by atoms with Crippen molar-refractivity contribution in [3.63, 3.8) is 0 Å². The lowest BCUT2D eigenvalue weighted by Gasteiger charge is -2.30. The van der Waals surface area contributed by atoms with Gasteiger partial charge in [0.25, 0.3) is 0 Å². The summed E-state index contributed by atoms with van der Waals surface area (Å²) in [7, 11) is 1.53. The van der Waals surface area contributed by atoms with Crippen molar-refractivity contribution in [3.8, 4) is 0 Å². The van der Waals surface area contributed by atoms with E-state index in [1.165, 1.54) is 7.11 Å². The maximum atomic E-state index is 9.79. The molecule has 1 saturated heterocycles. The molecule has 1 aliphatic rings. The molecular weight excluding hydrogens is 146 g/mol. The van der Waals surface area contributed by atoms with E-state index < -0.39 is 11.7 Å². The molecule has 0 radical (unpaired) electrons. The summed E-state index contributed by atoms with van der Waals surface area (Å²) < 4.78 is 5.02. The van der Waals surface area contributed by atoms with E-state index in [0.717, 1.165) is 0 Å². The number of ether oxygens (including phenoxy) is 1. The van der Waals surface area contributed by atoms with Crippen LogP contribution < -0.4 is 5.32 Å². The molecule has 0 bridgehead atoms. The average molecular weight is 161 g/mol. The molecule has 0 amide bonds. The molecule has 4 nitrogen and oxygen atoms in total. The smallest absolute Gasteiger partial charge is 0.130 e. The van der Waals surface area contributed by atoms with Crippen LogP contribution in [0.1, 0.15) is 6.92 Å². The number of hydrogen-bond donors (Lipinski definition) is 3. The van der Waals surface area contributed by atoms with E-state index in [-0.39, 0.29) is 6.10 Å². The molecule has 0 unspecified atom stereocenters. The van der Waals surface area contributed by atoms with Crippen LogP contribution in [0.25, 0.3) is 0 Å². The van der Waals surface area contributed by atoms with Gasteiger partial charge in [-0.25, -0.2) is 0 Å². The van der Waals surface area contributed by atoms with E-state index in [1.807, 2.05) is 0 Å². The quantitative estimate of drug-likeness (QED) is 0.472. The summed E-state index contributed by atoms with van der Waals surface area (Å²) in [5.74, 6) is 0. The van der Waals surface area contributed by atoms with Crippen LogP contribution in [0.15, 0.2) is 0 Å². The van der Waals surface area contributed by atoms with Crippen molar-refractivity contribution in [2.45, 2.75) is 24.7 Å². The van der Waals surface area contributed by atoms with Gasteiger partial charge >= 0.3 is 0 Å². The number of nitrogens with one attached hydrogen (secondary N) is 1. The first-order valence-electron chi connectivity index (χ1n) is 3.75. The van der Waals surface area contributed by atoms with Crippen molar-refractivity contribution < 1.29 is 14.9 Å². The molecule has 0 saturated carbocycles. The highest BCUT2D eigenvalue weighted by Crippen LogP contribution is 2.21. The van der Waals surface area contributed by atoms with Gasteiger partial charge in [0.2, 0.25) is 0 Å². The van der Waals surface area contributed by atoms with E-state index >= 15 is 0 Å².